The van der Waals surface area contributed by atoms with Crippen LogP contribution in [0.25, 0.3) is 5.69 Å². The van der Waals surface area contributed by atoms with Crippen molar-refractivity contribution in [3.05, 3.63) is 51.4 Å². The highest BCUT2D eigenvalue weighted by molar-refractivity contribution is 6.33. The van der Waals surface area contributed by atoms with Gasteiger partial charge in [-0.15, -0.1) is 0 Å². The Morgan fingerprint density at radius 2 is 1.86 bits per heavy atom. The van der Waals surface area contributed by atoms with Crippen molar-refractivity contribution >= 4 is 23.4 Å². The first-order valence-corrected chi connectivity index (χ1v) is 9.57. The fraction of sp³-hybridized carbons (Fsp3) is 0.450. The number of hydrogen-bond acceptors (Lipinski definition) is 4. The molecule has 1 aliphatic rings. The topological polar surface area (TPSA) is 78.7 Å². The molecule has 1 aromatic heterocycles. The molecule has 1 aliphatic heterocycles. The van der Waals surface area contributed by atoms with Gasteiger partial charge in [0.15, 0.2) is 0 Å². The van der Waals surface area contributed by atoms with Crippen molar-refractivity contribution in [1.82, 2.24) is 14.7 Å². The number of piperazine rings is 1. The van der Waals surface area contributed by atoms with Crippen LogP contribution >= 0.6 is 11.6 Å². The van der Waals surface area contributed by atoms with Crippen molar-refractivity contribution in [2.75, 3.05) is 24.5 Å². The number of carboxylic acid groups (broad SMARTS) is 1. The van der Waals surface area contributed by atoms with Crippen molar-refractivity contribution < 1.29 is 9.90 Å². The Bertz CT molecular complexity index is 934. The zero-order chi connectivity index (χ0) is 20.6. The van der Waals surface area contributed by atoms with Crippen LogP contribution in [0.4, 0.5) is 10.5 Å². The highest BCUT2D eigenvalue weighted by Gasteiger charge is 2.38. The summed E-state index contributed by atoms with van der Waals surface area (Å²) < 4.78 is 1.28. The number of aromatic nitrogens is 2. The molecule has 1 amide bonds. The summed E-state index contributed by atoms with van der Waals surface area (Å²) in [5.41, 5.74) is 1.62. The molecule has 0 aliphatic carbocycles. The lowest BCUT2D eigenvalue weighted by molar-refractivity contribution is 0.0748. The minimum absolute atomic E-state index is 0.0898. The second-order valence-corrected chi connectivity index (χ2v) is 8.58. The monoisotopic (exact) mass is 404 g/mol. The first-order chi connectivity index (χ1) is 13.1. The number of halogens is 1. The first kappa shape index (κ1) is 20.2. The fourth-order valence-corrected chi connectivity index (χ4v) is 3.73. The summed E-state index contributed by atoms with van der Waals surface area (Å²) in [7, 11) is 0. The minimum Gasteiger partial charge on any atom is -0.465 e. The van der Waals surface area contributed by atoms with Crippen LogP contribution in [0.15, 0.2) is 35.3 Å². The van der Waals surface area contributed by atoms with Gasteiger partial charge in [0.1, 0.15) is 5.02 Å². The van der Waals surface area contributed by atoms with Gasteiger partial charge in [-0.2, -0.15) is 9.78 Å². The van der Waals surface area contributed by atoms with E-state index in [1.807, 2.05) is 56.9 Å². The van der Waals surface area contributed by atoms with Gasteiger partial charge < -0.3 is 14.9 Å². The van der Waals surface area contributed by atoms with Gasteiger partial charge in [0.05, 0.1) is 23.6 Å². The Morgan fingerprint density at radius 3 is 2.43 bits per heavy atom. The molecule has 0 spiro atoms. The predicted octanol–water partition coefficient (Wildman–Crippen LogP) is 3.41. The minimum atomic E-state index is -0.932. The van der Waals surface area contributed by atoms with E-state index < -0.39 is 11.7 Å². The summed E-state index contributed by atoms with van der Waals surface area (Å²) in [6, 6.07) is 7.23. The molecule has 7 nitrogen and oxygen atoms in total. The summed E-state index contributed by atoms with van der Waals surface area (Å²) in [6.07, 6.45) is 0.651. The van der Waals surface area contributed by atoms with Crippen molar-refractivity contribution in [2.24, 2.45) is 5.41 Å². The molecule has 1 unspecified atom stereocenters. The van der Waals surface area contributed by atoms with E-state index in [4.69, 9.17) is 11.6 Å². The Balaban J connectivity index is 1.94. The zero-order valence-corrected chi connectivity index (χ0v) is 17.3. The lowest BCUT2D eigenvalue weighted by Gasteiger charge is -2.46. The maximum absolute atomic E-state index is 12.8. The third-order valence-electron chi connectivity index (χ3n) is 5.15. The van der Waals surface area contributed by atoms with Crippen molar-refractivity contribution in [2.45, 2.75) is 33.7 Å². The van der Waals surface area contributed by atoms with Crippen molar-refractivity contribution in [3.8, 4) is 5.69 Å². The molecule has 1 aromatic carbocycles. The first-order valence-electron chi connectivity index (χ1n) is 9.19. The molecule has 2 heterocycles. The Morgan fingerprint density at radius 1 is 1.21 bits per heavy atom. The molecule has 8 heteroatoms. The fourth-order valence-electron chi connectivity index (χ4n) is 3.49. The number of hydrogen-bond donors (Lipinski definition) is 1. The third-order valence-corrected chi connectivity index (χ3v) is 5.50. The van der Waals surface area contributed by atoms with Gasteiger partial charge in [-0.05, 0) is 24.5 Å². The predicted molar refractivity (Wildman–Crippen MR) is 110 cm³/mol. The Labute approximate surface area is 169 Å². The van der Waals surface area contributed by atoms with E-state index >= 15 is 0 Å². The van der Waals surface area contributed by atoms with E-state index in [1.165, 1.54) is 9.58 Å². The molecule has 1 saturated heterocycles. The number of nitrogens with zero attached hydrogens (tertiary/aromatic N) is 4. The number of rotatable bonds is 2. The van der Waals surface area contributed by atoms with Crippen LogP contribution in [0.5, 0.6) is 0 Å². The average molecular weight is 405 g/mol. The SMILES string of the molecule is Cc1ccc(-n2ncc(N3CCN(C(=O)O)C(C(C)(C)C)C3)c(Cl)c2=O)cc1. The third kappa shape index (κ3) is 3.85. The highest BCUT2D eigenvalue weighted by Crippen LogP contribution is 2.31. The summed E-state index contributed by atoms with van der Waals surface area (Å²) in [6.45, 7) is 9.23. The van der Waals surface area contributed by atoms with Crippen molar-refractivity contribution in [1.29, 1.82) is 0 Å². The highest BCUT2D eigenvalue weighted by atomic mass is 35.5. The second-order valence-electron chi connectivity index (χ2n) is 8.20. The quantitative estimate of drug-likeness (QED) is 0.829. The standard InChI is InChI=1S/C20H25ClN4O3/c1-13-5-7-14(8-6-13)25-18(26)17(21)15(11-22-25)23-9-10-24(19(27)28)16(12-23)20(2,3)4/h5-8,11,16H,9-10,12H2,1-4H3,(H,27,28). The van der Waals surface area contributed by atoms with Crippen LogP contribution in [0, 0.1) is 12.3 Å². The molecule has 150 valence electrons. The molecule has 0 bridgehead atoms. The van der Waals surface area contributed by atoms with E-state index in [0.717, 1.165) is 5.56 Å². The lowest BCUT2D eigenvalue weighted by Crippen LogP contribution is -2.59. The molecule has 2 aromatic rings. The van der Waals surface area contributed by atoms with E-state index in [2.05, 4.69) is 5.10 Å². The normalized spacial score (nSPS) is 17.7. The zero-order valence-electron chi connectivity index (χ0n) is 16.5. The molecule has 1 N–H and O–H groups in total. The number of carbonyl (C=O) groups is 1. The van der Waals surface area contributed by atoms with Crippen LogP contribution in [0.1, 0.15) is 26.3 Å². The molecular formula is C20H25ClN4O3. The lowest BCUT2D eigenvalue weighted by atomic mass is 9.84. The van der Waals surface area contributed by atoms with Crippen molar-refractivity contribution in [3.63, 3.8) is 0 Å². The summed E-state index contributed by atoms with van der Waals surface area (Å²) in [5, 5.41) is 13.9. The van der Waals surface area contributed by atoms with Gasteiger partial charge in [-0.3, -0.25) is 4.79 Å². The summed E-state index contributed by atoms with van der Waals surface area (Å²) in [5.74, 6) is 0. The number of benzene rings is 1. The maximum Gasteiger partial charge on any atom is 0.407 e. The van der Waals surface area contributed by atoms with Gasteiger partial charge in [0.25, 0.3) is 5.56 Å². The average Bonchev–Trinajstić information content (AvgIpc) is 2.63. The Hall–Kier alpha value is -2.54. The molecule has 28 heavy (non-hydrogen) atoms. The number of amides is 1. The van der Waals surface area contributed by atoms with Crippen LogP contribution in [-0.2, 0) is 0 Å². The second kappa shape index (κ2) is 7.47. The molecule has 0 saturated carbocycles. The Kier molecular flexibility index (Phi) is 5.39. The molecule has 0 radical (unpaired) electrons. The number of aryl methyl sites for hydroxylation is 1. The van der Waals surface area contributed by atoms with E-state index in [-0.39, 0.29) is 16.5 Å². The van der Waals surface area contributed by atoms with Crippen LogP contribution in [0.2, 0.25) is 5.02 Å². The van der Waals surface area contributed by atoms with Gasteiger partial charge in [0.2, 0.25) is 0 Å². The van der Waals surface area contributed by atoms with E-state index in [0.29, 0.717) is 31.0 Å². The molecule has 1 fully saturated rings. The van der Waals surface area contributed by atoms with E-state index in [9.17, 15) is 14.7 Å². The maximum atomic E-state index is 12.8. The van der Waals surface area contributed by atoms with Gasteiger partial charge in [-0.25, -0.2) is 4.79 Å². The summed E-state index contributed by atoms with van der Waals surface area (Å²) in [4.78, 5) is 27.8. The van der Waals surface area contributed by atoms with Crippen LogP contribution < -0.4 is 10.5 Å². The van der Waals surface area contributed by atoms with Crippen LogP contribution in [-0.4, -0.2) is 51.6 Å². The molecule has 1 atom stereocenters. The van der Waals surface area contributed by atoms with Gasteiger partial charge in [0, 0.05) is 19.6 Å². The number of anilines is 1. The van der Waals surface area contributed by atoms with E-state index in [1.54, 1.807) is 6.20 Å². The molecule has 3 rings (SSSR count). The largest absolute Gasteiger partial charge is 0.465 e. The smallest absolute Gasteiger partial charge is 0.407 e. The molecular weight excluding hydrogens is 380 g/mol. The van der Waals surface area contributed by atoms with Crippen LogP contribution in [0.3, 0.4) is 0 Å². The van der Waals surface area contributed by atoms with Gasteiger partial charge >= 0.3 is 6.09 Å². The summed E-state index contributed by atoms with van der Waals surface area (Å²) >= 11 is 6.43. The van der Waals surface area contributed by atoms with Gasteiger partial charge in [-0.1, -0.05) is 50.1 Å².